The summed E-state index contributed by atoms with van der Waals surface area (Å²) < 4.78 is 25.4. The van der Waals surface area contributed by atoms with Crippen LogP contribution in [0, 0.1) is 11.8 Å². The summed E-state index contributed by atoms with van der Waals surface area (Å²) in [6.45, 7) is 2.97. The fourth-order valence-electron chi connectivity index (χ4n) is 2.57. The average molecular weight is 262 g/mol. The Morgan fingerprint density at radius 3 is 2.41 bits per heavy atom. The molecule has 2 saturated heterocycles. The van der Waals surface area contributed by atoms with Crippen LogP contribution in [0.4, 0.5) is 0 Å². The van der Waals surface area contributed by atoms with Gasteiger partial charge in [0.25, 0.3) is 0 Å². The van der Waals surface area contributed by atoms with Crippen molar-refractivity contribution in [1.29, 1.82) is 0 Å². The van der Waals surface area contributed by atoms with Crippen LogP contribution < -0.4 is 5.32 Å². The molecule has 0 aromatic rings. The first-order valence-electron chi connectivity index (χ1n) is 5.89. The van der Waals surface area contributed by atoms with Gasteiger partial charge in [-0.05, 0) is 31.3 Å². The molecule has 98 valence electrons. The summed E-state index contributed by atoms with van der Waals surface area (Å²) in [6, 6.07) is 0. The van der Waals surface area contributed by atoms with Crippen molar-refractivity contribution in [2.45, 2.75) is 12.8 Å². The number of sulfonamides is 1. The lowest BCUT2D eigenvalue weighted by atomic mass is 10.0. The summed E-state index contributed by atoms with van der Waals surface area (Å²) in [5.41, 5.74) is 0. The molecule has 0 saturated carbocycles. The fraction of sp³-hybridized carbons (Fsp3) is 0.900. The number of aliphatic carboxylic acids is 1. The van der Waals surface area contributed by atoms with Crippen LogP contribution in [0.1, 0.15) is 12.8 Å². The van der Waals surface area contributed by atoms with Gasteiger partial charge in [0.05, 0.1) is 5.75 Å². The maximum absolute atomic E-state index is 12.0. The van der Waals surface area contributed by atoms with Crippen LogP contribution in [-0.4, -0.2) is 55.7 Å². The molecule has 0 amide bonds. The van der Waals surface area contributed by atoms with Gasteiger partial charge in [-0.15, -0.1) is 0 Å². The van der Waals surface area contributed by atoms with E-state index in [2.05, 4.69) is 5.32 Å². The van der Waals surface area contributed by atoms with Crippen molar-refractivity contribution in [2.75, 3.05) is 31.9 Å². The number of carboxylic acids is 1. The topological polar surface area (TPSA) is 86.7 Å². The Hall–Kier alpha value is -0.660. The molecule has 0 aromatic heterocycles. The average Bonchev–Trinajstić information content (AvgIpc) is 2.74. The summed E-state index contributed by atoms with van der Waals surface area (Å²) in [4.78, 5) is 10.3. The van der Waals surface area contributed by atoms with E-state index >= 15 is 0 Å². The van der Waals surface area contributed by atoms with Crippen LogP contribution in [0.25, 0.3) is 0 Å². The molecule has 0 bridgehead atoms. The van der Waals surface area contributed by atoms with E-state index in [1.54, 1.807) is 0 Å². The number of carboxylic acid groups (broad SMARTS) is 1. The maximum Gasteiger partial charge on any atom is 0.303 e. The number of nitrogens with one attached hydrogen (secondary N) is 1. The molecule has 2 atom stereocenters. The Labute approximate surface area is 101 Å². The van der Waals surface area contributed by atoms with Gasteiger partial charge in [-0.25, -0.2) is 12.7 Å². The minimum absolute atomic E-state index is 0.0494. The lowest BCUT2D eigenvalue weighted by Crippen LogP contribution is -2.33. The predicted molar refractivity (Wildman–Crippen MR) is 62.1 cm³/mol. The summed E-state index contributed by atoms with van der Waals surface area (Å²) in [6.07, 6.45) is 0.114. The first kappa shape index (κ1) is 12.8. The molecule has 2 N–H and O–H groups in total. The van der Waals surface area contributed by atoms with Crippen molar-refractivity contribution >= 4 is 16.0 Å². The van der Waals surface area contributed by atoms with Crippen molar-refractivity contribution in [2.24, 2.45) is 11.8 Å². The van der Waals surface area contributed by atoms with Crippen molar-refractivity contribution in [1.82, 2.24) is 9.62 Å². The zero-order chi connectivity index (χ0) is 12.5. The summed E-state index contributed by atoms with van der Waals surface area (Å²) >= 11 is 0. The van der Waals surface area contributed by atoms with E-state index in [9.17, 15) is 13.2 Å². The van der Waals surface area contributed by atoms with Gasteiger partial charge in [-0.1, -0.05) is 0 Å². The quantitative estimate of drug-likeness (QED) is 0.686. The Kier molecular flexibility index (Phi) is 3.70. The minimum atomic E-state index is -3.26. The normalized spacial score (nSPS) is 29.4. The minimum Gasteiger partial charge on any atom is -0.481 e. The number of nitrogens with zero attached hydrogens (tertiary/aromatic N) is 1. The number of hydrogen-bond donors (Lipinski definition) is 2. The number of rotatable bonds is 5. The van der Waals surface area contributed by atoms with Crippen LogP contribution in [0.2, 0.25) is 0 Å². The molecule has 0 radical (unpaired) electrons. The molecule has 2 heterocycles. The number of carbonyl (C=O) groups is 1. The summed E-state index contributed by atoms with van der Waals surface area (Å²) in [7, 11) is -3.26. The van der Waals surface area contributed by atoms with Gasteiger partial charge in [-0.2, -0.15) is 0 Å². The van der Waals surface area contributed by atoms with Crippen molar-refractivity contribution in [3.05, 3.63) is 0 Å². The largest absolute Gasteiger partial charge is 0.481 e. The number of fused-ring (bicyclic) bond motifs is 1. The van der Waals surface area contributed by atoms with E-state index < -0.39 is 16.0 Å². The van der Waals surface area contributed by atoms with Gasteiger partial charge in [-0.3, -0.25) is 4.79 Å². The fourth-order valence-corrected chi connectivity index (χ4v) is 4.18. The molecule has 0 aromatic carbocycles. The van der Waals surface area contributed by atoms with Gasteiger partial charge < -0.3 is 10.4 Å². The highest BCUT2D eigenvalue weighted by atomic mass is 32.2. The molecule has 6 nitrogen and oxygen atoms in total. The molecule has 7 heteroatoms. The van der Waals surface area contributed by atoms with Crippen LogP contribution >= 0.6 is 0 Å². The van der Waals surface area contributed by atoms with Gasteiger partial charge in [0, 0.05) is 19.5 Å². The molecular formula is C10H18N2O4S. The van der Waals surface area contributed by atoms with E-state index in [0.717, 1.165) is 13.1 Å². The maximum atomic E-state index is 12.0. The van der Waals surface area contributed by atoms with Crippen molar-refractivity contribution in [3.8, 4) is 0 Å². The van der Waals surface area contributed by atoms with Gasteiger partial charge in [0.2, 0.25) is 10.0 Å². The van der Waals surface area contributed by atoms with Crippen LogP contribution in [-0.2, 0) is 14.8 Å². The van der Waals surface area contributed by atoms with Crippen molar-refractivity contribution in [3.63, 3.8) is 0 Å². The Morgan fingerprint density at radius 2 is 1.88 bits per heavy atom. The predicted octanol–water partition coefficient (Wildman–Crippen LogP) is -0.668. The molecule has 0 unspecified atom stereocenters. The molecule has 2 aliphatic rings. The van der Waals surface area contributed by atoms with Crippen LogP contribution in [0.3, 0.4) is 0 Å². The third kappa shape index (κ3) is 2.97. The van der Waals surface area contributed by atoms with Crippen LogP contribution in [0.15, 0.2) is 0 Å². The second kappa shape index (κ2) is 4.91. The molecule has 2 aliphatic heterocycles. The van der Waals surface area contributed by atoms with Gasteiger partial charge >= 0.3 is 5.97 Å². The lowest BCUT2D eigenvalue weighted by molar-refractivity contribution is -0.137. The third-order valence-corrected chi connectivity index (χ3v) is 5.43. The molecule has 2 rings (SSSR count). The molecular weight excluding hydrogens is 244 g/mol. The summed E-state index contributed by atoms with van der Waals surface area (Å²) in [5.74, 6) is -0.122. The molecule has 2 fully saturated rings. The van der Waals surface area contributed by atoms with Crippen LogP contribution in [0.5, 0.6) is 0 Å². The standard InChI is InChI=1S/C10H18N2O4S/c13-10(14)2-1-3-17(15,16)12-6-8-4-11-5-9(8)7-12/h8-9,11H,1-7H2,(H,13,14)/t8-,9+. The zero-order valence-corrected chi connectivity index (χ0v) is 10.4. The number of hydrogen-bond acceptors (Lipinski definition) is 4. The highest BCUT2D eigenvalue weighted by Gasteiger charge is 2.40. The van der Waals surface area contributed by atoms with Crippen molar-refractivity contribution < 1.29 is 18.3 Å². The highest BCUT2D eigenvalue weighted by Crippen LogP contribution is 2.28. The highest BCUT2D eigenvalue weighted by molar-refractivity contribution is 7.89. The van der Waals surface area contributed by atoms with Gasteiger partial charge in [0.15, 0.2) is 0 Å². The lowest BCUT2D eigenvalue weighted by Gasteiger charge is -2.16. The van der Waals surface area contributed by atoms with E-state index in [4.69, 9.17) is 5.11 Å². The Balaban J connectivity index is 1.86. The Morgan fingerprint density at radius 1 is 1.29 bits per heavy atom. The van der Waals surface area contributed by atoms with E-state index in [-0.39, 0.29) is 18.6 Å². The molecule has 0 aliphatic carbocycles. The second-order valence-corrected chi connectivity index (χ2v) is 6.90. The van der Waals surface area contributed by atoms with Gasteiger partial charge in [0.1, 0.15) is 0 Å². The van der Waals surface area contributed by atoms with E-state index in [1.807, 2.05) is 0 Å². The Bertz CT molecular complexity index is 383. The SMILES string of the molecule is O=C(O)CCCS(=O)(=O)N1C[C@H]2CNC[C@H]2C1. The molecule has 0 spiro atoms. The second-order valence-electron chi connectivity index (χ2n) is 4.81. The smallest absolute Gasteiger partial charge is 0.303 e. The third-order valence-electron chi connectivity index (χ3n) is 3.54. The monoisotopic (exact) mass is 262 g/mol. The molecule has 17 heavy (non-hydrogen) atoms. The van der Waals surface area contributed by atoms with E-state index in [0.29, 0.717) is 24.9 Å². The first-order chi connectivity index (χ1) is 7.99. The summed E-state index contributed by atoms with van der Waals surface area (Å²) in [5, 5.41) is 11.7. The first-order valence-corrected chi connectivity index (χ1v) is 7.50. The zero-order valence-electron chi connectivity index (χ0n) is 9.63. The van der Waals surface area contributed by atoms with E-state index in [1.165, 1.54) is 4.31 Å².